The molecule has 2 aromatic rings. The van der Waals surface area contributed by atoms with Crippen molar-refractivity contribution in [2.75, 3.05) is 7.05 Å². The van der Waals surface area contributed by atoms with Gasteiger partial charge < -0.3 is 4.90 Å². The third kappa shape index (κ3) is 3.07. The van der Waals surface area contributed by atoms with Gasteiger partial charge >= 0.3 is 0 Å². The summed E-state index contributed by atoms with van der Waals surface area (Å²) in [5.74, 6) is -9.06. The van der Waals surface area contributed by atoms with Crippen LogP contribution in [0.2, 0.25) is 5.02 Å². The first kappa shape index (κ1) is 20.3. The predicted molar refractivity (Wildman–Crippen MR) is 95.0 cm³/mol. The molecule has 0 unspecified atom stereocenters. The normalized spacial score (nSPS) is 19.6. The first-order chi connectivity index (χ1) is 13.2. The fraction of sp³-hybridized carbons (Fsp3) is 0.300. The summed E-state index contributed by atoms with van der Waals surface area (Å²) in [7, 11) is 1.24. The first-order valence-corrected chi connectivity index (χ1v) is 8.99. The molecule has 28 heavy (non-hydrogen) atoms. The molecular weight excluding hydrogens is 398 g/mol. The van der Waals surface area contributed by atoms with Gasteiger partial charge in [0.1, 0.15) is 5.54 Å². The summed E-state index contributed by atoms with van der Waals surface area (Å²) < 4.78 is 54.7. The van der Waals surface area contributed by atoms with Crippen molar-refractivity contribution in [2.45, 2.75) is 31.2 Å². The van der Waals surface area contributed by atoms with Crippen LogP contribution < -0.4 is 0 Å². The van der Waals surface area contributed by atoms with Gasteiger partial charge in [-0.2, -0.15) is 0 Å². The summed E-state index contributed by atoms with van der Waals surface area (Å²) in [5, 5.41) is 0.231. The Morgan fingerprint density at radius 2 is 1.75 bits per heavy atom. The second-order valence-electron chi connectivity index (χ2n) is 6.68. The highest BCUT2D eigenvalue weighted by Gasteiger charge is 2.48. The van der Waals surface area contributed by atoms with Gasteiger partial charge in [0.2, 0.25) is 0 Å². The monoisotopic (exact) mass is 413 g/mol. The number of rotatable bonds is 3. The number of carbonyl (C=O) groups is 2. The van der Waals surface area contributed by atoms with Crippen LogP contribution in [0.5, 0.6) is 0 Å². The molecular formula is C20H16ClF4NO2. The number of Topliss-reactive ketones (excluding diaryl/α,β-unsaturated/α-hetero) is 1. The molecule has 0 radical (unpaired) electrons. The number of carbonyl (C=O) groups excluding carboxylic acids is 2. The molecule has 1 atom stereocenters. The molecule has 0 saturated heterocycles. The lowest BCUT2D eigenvalue weighted by atomic mass is 9.74. The molecule has 1 aliphatic carbocycles. The Kier molecular flexibility index (Phi) is 5.48. The SMILES string of the molecule is CN(C(=O)c1cc(F)c(F)c(F)c1F)[C@]1(c2ccccc2Cl)CCCCC1=O. The zero-order valence-electron chi connectivity index (χ0n) is 14.9. The maximum absolute atomic E-state index is 14.2. The largest absolute Gasteiger partial charge is 0.325 e. The molecule has 3 rings (SSSR count). The van der Waals surface area contributed by atoms with Crippen molar-refractivity contribution >= 4 is 23.3 Å². The van der Waals surface area contributed by atoms with E-state index < -0.39 is 40.3 Å². The van der Waals surface area contributed by atoms with E-state index in [1.165, 1.54) is 7.05 Å². The van der Waals surface area contributed by atoms with Crippen molar-refractivity contribution in [3.63, 3.8) is 0 Å². The second kappa shape index (κ2) is 7.54. The molecule has 1 saturated carbocycles. The Hall–Kier alpha value is -2.41. The lowest BCUT2D eigenvalue weighted by Crippen LogP contribution is -2.54. The van der Waals surface area contributed by atoms with E-state index in [2.05, 4.69) is 0 Å². The molecule has 1 fully saturated rings. The first-order valence-electron chi connectivity index (χ1n) is 8.61. The zero-order chi connectivity index (χ0) is 20.6. The van der Waals surface area contributed by atoms with E-state index in [1.807, 2.05) is 0 Å². The van der Waals surface area contributed by atoms with Crippen molar-refractivity contribution in [3.05, 3.63) is 69.8 Å². The topological polar surface area (TPSA) is 37.4 Å². The minimum Gasteiger partial charge on any atom is -0.325 e. The van der Waals surface area contributed by atoms with E-state index in [-0.39, 0.29) is 23.6 Å². The summed E-state index contributed by atoms with van der Waals surface area (Å²) in [6, 6.07) is 6.72. The van der Waals surface area contributed by atoms with Gasteiger partial charge in [0, 0.05) is 24.1 Å². The highest BCUT2D eigenvalue weighted by Crippen LogP contribution is 2.43. The van der Waals surface area contributed by atoms with E-state index in [1.54, 1.807) is 24.3 Å². The Morgan fingerprint density at radius 3 is 2.39 bits per heavy atom. The van der Waals surface area contributed by atoms with Crippen LogP contribution in [0.15, 0.2) is 30.3 Å². The highest BCUT2D eigenvalue weighted by atomic mass is 35.5. The predicted octanol–water partition coefficient (Wildman–Crippen LogP) is 5.01. The number of hydrogen-bond donors (Lipinski definition) is 0. The van der Waals surface area contributed by atoms with Crippen molar-refractivity contribution in [2.24, 2.45) is 0 Å². The Labute approximate surface area is 163 Å². The average Bonchev–Trinajstić information content (AvgIpc) is 2.69. The van der Waals surface area contributed by atoms with Gasteiger partial charge in [0.15, 0.2) is 29.1 Å². The standard InChI is InChI=1S/C20H16ClF4NO2/c1-26(19(28)11-10-14(22)17(24)18(25)16(11)23)20(9-5-4-8-15(20)27)12-6-2-3-7-13(12)21/h2-3,6-7,10H,4-5,8-9H2,1H3/t20-/m0/s1. The van der Waals surface area contributed by atoms with Crippen LogP contribution in [0.3, 0.4) is 0 Å². The van der Waals surface area contributed by atoms with Gasteiger partial charge in [-0.15, -0.1) is 0 Å². The number of halogens is 5. The van der Waals surface area contributed by atoms with Crippen LogP contribution in [0.1, 0.15) is 41.6 Å². The van der Waals surface area contributed by atoms with Gasteiger partial charge in [-0.1, -0.05) is 29.8 Å². The van der Waals surface area contributed by atoms with E-state index >= 15 is 0 Å². The Balaban J connectivity index is 2.16. The van der Waals surface area contributed by atoms with Crippen LogP contribution in [0, 0.1) is 23.3 Å². The summed E-state index contributed by atoms with van der Waals surface area (Å²) in [4.78, 5) is 26.9. The zero-order valence-corrected chi connectivity index (χ0v) is 15.6. The molecule has 1 amide bonds. The van der Waals surface area contributed by atoms with Crippen LogP contribution in [-0.2, 0) is 10.3 Å². The summed E-state index contributed by atoms with van der Waals surface area (Å²) in [6.07, 6.45) is 1.58. The smallest absolute Gasteiger partial charge is 0.257 e. The average molecular weight is 414 g/mol. The van der Waals surface area contributed by atoms with E-state index in [4.69, 9.17) is 11.6 Å². The maximum atomic E-state index is 14.2. The van der Waals surface area contributed by atoms with Crippen molar-refractivity contribution in [1.29, 1.82) is 0 Å². The van der Waals surface area contributed by atoms with E-state index in [0.717, 1.165) is 4.90 Å². The van der Waals surface area contributed by atoms with Crippen LogP contribution in [0.25, 0.3) is 0 Å². The number of benzene rings is 2. The molecule has 0 N–H and O–H groups in total. The molecule has 0 bridgehead atoms. The Bertz CT molecular complexity index is 965. The number of hydrogen-bond acceptors (Lipinski definition) is 2. The van der Waals surface area contributed by atoms with Crippen LogP contribution in [0.4, 0.5) is 17.6 Å². The molecule has 2 aromatic carbocycles. The number of ketones is 1. The van der Waals surface area contributed by atoms with Gasteiger partial charge in [-0.3, -0.25) is 9.59 Å². The lowest BCUT2D eigenvalue weighted by Gasteiger charge is -2.44. The van der Waals surface area contributed by atoms with Crippen LogP contribution >= 0.6 is 11.6 Å². The fourth-order valence-electron chi connectivity index (χ4n) is 3.71. The summed E-state index contributed by atoms with van der Waals surface area (Å²) >= 11 is 6.28. The molecule has 8 heteroatoms. The highest BCUT2D eigenvalue weighted by molar-refractivity contribution is 6.31. The third-order valence-electron chi connectivity index (χ3n) is 5.18. The molecule has 0 aromatic heterocycles. The van der Waals surface area contributed by atoms with Gasteiger partial charge in [0.25, 0.3) is 5.91 Å². The van der Waals surface area contributed by atoms with E-state index in [9.17, 15) is 27.2 Å². The number of nitrogens with zero attached hydrogens (tertiary/aromatic N) is 1. The fourth-order valence-corrected chi connectivity index (χ4v) is 4.00. The van der Waals surface area contributed by atoms with Crippen molar-refractivity contribution < 1.29 is 27.2 Å². The van der Waals surface area contributed by atoms with E-state index in [0.29, 0.717) is 24.5 Å². The summed E-state index contributed by atoms with van der Waals surface area (Å²) in [6.45, 7) is 0. The second-order valence-corrected chi connectivity index (χ2v) is 7.09. The van der Waals surface area contributed by atoms with Crippen molar-refractivity contribution in [3.8, 4) is 0 Å². The van der Waals surface area contributed by atoms with Gasteiger partial charge in [0.05, 0.1) is 5.56 Å². The lowest BCUT2D eigenvalue weighted by molar-refractivity contribution is -0.132. The number of amides is 1. The maximum Gasteiger partial charge on any atom is 0.257 e. The third-order valence-corrected chi connectivity index (χ3v) is 5.51. The minimum absolute atomic E-state index is 0.164. The Morgan fingerprint density at radius 1 is 1.07 bits per heavy atom. The quantitative estimate of drug-likeness (QED) is 0.403. The van der Waals surface area contributed by atoms with Gasteiger partial charge in [-0.25, -0.2) is 17.6 Å². The molecule has 148 valence electrons. The minimum atomic E-state index is -2.08. The summed E-state index contributed by atoms with van der Waals surface area (Å²) in [5.41, 5.74) is -2.16. The van der Waals surface area contributed by atoms with Crippen molar-refractivity contribution in [1.82, 2.24) is 4.90 Å². The number of likely N-dealkylation sites (N-methyl/N-ethyl adjacent to an activating group) is 1. The molecule has 3 nitrogen and oxygen atoms in total. The molecule has 0 spiro atoms. The molecule has 1 aliphatic rings. The van der Waals surface area contributed by atoms with Crippen LogP contribution in [-0.4, -0.2) is 23.6 Å². The molecule has 0 heterocycles. The molecule has 0 aliphatic heterocycles. The van der Waals surface area contributed by atoms with Gasteiger partial charge in [-0.05, 0) is 31.4 Å².